The summed E-state index contributed by atoms with van der Waals surface area (Å²) in [6.45, 7) is 5.85. The lowest BCUT2D eigenvalue weighted by atomic mass is 9.82. The van der Waals surface area contributed by atoms with Crippen LogP contribution in [-0.2, 0) is 33.6 Å². The van der Waals surface area contributed by atoms with E-state index in [0.717, 1.165) is 19.3 Å². The molecular weight excluding hydrogens is 889 g/mol. The molecule has 1 aliphatic carbocycles. The molecule has 2 heterocycles. The fourth-order valence-corrected chi connectivity index (χ4v) is 8.33. The number of ether oxygens (including phenoxy) is 1. The van der Waals surface area contributed by atoms with Gasteiger partial charge < -0.3 is 46.4 Å². The summed E-state index contributed by atoms with van der Waals surface area (Å²) >= 11 is 0. The zero-order valence-corrected chi connectivity index (χ0v) is 40.0. The van der Waals surface area contributed by atoms with Crippen molar-refractivity contribution in [3.05, 3.63) is 90.5 Å². The van der Waals surface area contributed by atoms with Gasteiger partial charge in [0, 0.05) is 39.6 Å². The van der Waals surface area contributed by atoms with E-state index in [1.54, 1.807) is 88.4 Å². The molecule has 1 unspecified atom stereocenters. The summed E-state index contributed by atoms with van der Waals surface area (Å²) in [5, 5.41) is 16.1. The maximum atomic E-state index is 14.5. The third-order valence-corrected chi connectivity index (χ3v) is 12.1. The van der Waals surface area contributed by atoms with Gasteiger partial charge in [0.05, 0.1) is 30.7 Å². The van der Waals surface area contributed by atoms with Crippen molar-refractivity contribution in [3.8, 4) is 5.75 Å². The number of carbonyl (C=O) groups is 9. The number of hydrogen-bond acceptors (Lipinski definition) is 12. The molecule has 1 aliphatic heterocycles. The fraction of sp³-hybridized carbons (Fsp3) is 0.490. The number of amides is 8. The van der Waals surface area contributed by atoms with Crippen LogP contribution in [0.4, 0.5) is 4.79 Å². The number of hydrogen-bond donors (Lipinski definition) is 6. The van der Waals surface area contributed by atoms with Gasteiger partial charge >= 0.3 is 6.09 Å². The minimum absolute atomic E-state index is 0.0226. The molecule has 0 spiro atoms. The SMILES string of the molecule is CCCC(NC(=O)[C@@H]1CN(C(=O)Oc2ccccc2)C[C@@H]1NC(=O)[C@@H](NC(=O)[C@@H](NC(=O)c1cnccn1)C1CCCCC1)C(C)(C)C)C(=O)C(=O)NCC(=O)N[C@H](C(=O)N(C)C)c1ccccc1. The lowest BCUT2D eigenvalue weighted by molar-refractivity contribution is -0.141. The molecule has 0 bridgehead atoms. The minimum Gasteiger partial charge on any atom is -0.410 e. The maximum absolute atomic E-state index is 14.5. The van der Waals surface area contributed by atoms with E-state index in [0.29, 0.717) is 24.8 Å². The van der Waals surface area contributed by atoms with Gasteiger partial charge in [-0.1, -0.05) is 102 Å². The summed E-state index contributed by atoms with van der Waals surface area (Å²) in [6.07, 6.45) is 7.69. The largest absolute Gasteiger partial charge is 0.415 e. The first-order valence-corrected chi connectivity index (χ1v) is 23.2. The molecule has 1 saturated carbocycles. The summed E-state index contributed by atoms with van der Waals surface area (Å²) in [5.74, 6) is -7.16. The second-order valence-corrected chi connectivity index (χ2v) is 18.6. The maximum Gasteiger partial charge on any atom is 0.415 e. The lowest BCUT2D eigenvalue weighted by Gasteiger charge is -2.35. The van der Waals surface area contributed by atoms with Crippen LogP contribution in [0.1, 0.15) is 94.7 Å². The summed E-state index contributed by atoms with van der Waals surface area (Å²) in [6, 6.07) is 11.0. The monoisotopic (exact) mass is 952 g/mol. The van der Waals surface area contributed by atoms with Crippen LogP contribution in [0.15, 0.2) is 79.3 Å². The van der Waals surface area contributed by atoms with Gasteiger partial charge in [0.25, 0.3) is 11.8 Å². The van der Waals surface area contributed by atoms with E-state index in [-0.39, 0.29) is 36.9 Å². The van der Waals surface area contributed by atoms with Gasteiger partial charge in [0.1, 0.15) is 29.6 Å². The van der Waals surface area contributed by atoms with Gasteiger partial charge in [-0.3, -0.25) is 43.3 Å². The molecule has 2 aromatic carbocycles. The number of carbonyl (C=O) groups excluding carboxylic acids is 9. The highest BCUT2D eigenvalue weighted by molar-refractivity contribution is 6.38. The predicted octanol–water partition coefficient (Wildman–Crippen LogP) is 2.22. The Hall–Kier alpha value is -7.25. The van der Waals surface area contributed by atoms with E-state index < -0.39 is 101 Å². The van der Waals surface area contributed by atoms with Crippen molar-refractivity contribution in [1.29, 1.82) is 0 Å². The summed E-state index contributed by atoms with van der Waals surface area (Å²) < 4.78 is 5.57. The van der Waals surface area contributed by atoms with Crippen molar-refractivity contribution >= 4 is 53.2 Å². The number of likely N-dealkylation sites (tertiary alicyclic amines) is 1. The lowest BCUT2D eigenvalue weighted by Crippen LogP contribution is -2.61. The minimum atomic E-state index is -1.37. The molecule has 8 amide bonds. The van der Waals surface area contributed by atoms with Crippen molar-refractivity contribution in [2.75, 3.05) is 33.7 Å². The van der Waals surface area contributed by atoms with Crippen LogP contribution in [0.3, 0.4) is 0 Å². The molecule has 370 valence electrons. The van der Waals surface area contributed by atoms with Crippen molar-refractivity contribution in [1.82, 2.24) is 51.7 Å². The molecule has 3 aromatic rings. The van der Waals surface area contributed by atoms with Crippen LogP contribution in [-0.4, -0.2) is 131 Å². The number of likely N-dealkylation sites (N-methyl/N-ethyl adjacent to an activating group) is 1. The molecule has 6 N–H and O–H groups in total. The van der Waals surface area contributed by atoms with E-state index in [9.17, 15) is 43.2 Å². The Morgan fingerprint density at radius 2 is 1.48 bits per heavy atom. The van der Waals surface area contributed by atoms with Crippen molar-refractivity contribution in [2.45, 2.75) is 103 Å². The molecule has 20 nitrogen and oxygen atoms in total. The molecule has 2 fully saturated rings. The van der Waals surface area contributed by atoms with Gasteiger partial charge in [-0.25, -0.2) is 9.78 Å². The molecule has 6 atom stereocenters. The zero-order chi connectivity index (χ0) is 50.3. The topological polar surface area (TPSA) is 267 Å². The zero-order valence-electron chi connectivity index (χ0n) is 40.0. The van der Waals surface area contributed by atoms with Gasteiger partial charge in [0.15, 0.2) is 0 Å². The van der Waals surface area contributed by atoms with Gasteiger partial charge in [-0.05, 0) is 48.3 Å². The third kappa shape index (κ3) is 14.9. The first-order valence-electron chi connectivity index (χ1n) is 23.2. The molecule has 0 radical (unpaired) electrons. The molecule has 20 heteroatoms. The number of rotatable bonds is 19. The van der Waals surface area contributed by atoms with Gasteiger partial charge in [-0.2, -0.15) is 0 Å². The number of aromatic nitrogens is 2. The number of ketones is 1. The first kappa shape index (κ1) is 52.7. The van der Waals surface area contributed by atoms with Crippen molar-refractivity contribution < 1.29 is 47.9 Å². The summed E-state index contributed by atoms with van der Waals surface area (Å²) in [5.41, 5.74) is -0.384. The Bertz CT molecular complexity index is 2290. The molecule has 2 aliphatic rings. The molecule has 5 rings (SSSR count). The van der Waals surface area contributed by atoms with Crippen molar-refractivity contribution in [2.24, 2.45) is 17.3 Å². The molecule has 69 heavy (non-hydrogen) atoms. The smallest absolute Gasteiger partial charge is 0.410 e. The average molecular weight is 953 g/mol. The highest BCUT2D eigenvalue weighted by Gasteiger charge is 2.45. The average Bonchev–Trinajstić information content (AvgIpc) is 3.77. The standard InChI is InChI=1S/C49H64N10O10/c1-7-17-34(40(61)45(65)52-27-37(60)55-39(47(67)58(5)6)31-20-13-9-14-21-31)53-42(62)33-28-59(48(68)69-32-22-15-10-16-23-32)29-36(33)54-46(66)41(49(2,3)4)57-44(64)38(30-18-11-8-12-19-30)56-43(63)35-26-50-24-25-51-35/h9-10,13-16,20-26,30,33-34,36,38-39,41H,7-8,11-12,17-19,27-29H2,1-6H3,(H,52,65)(H,53,62)(H,54,66)(H,55,60)(H,56,63)(H,57,64)/t33-,34?,36+,38+,39+,41-/m1/s1. The van der Waals surface area contributed by atoms with Gasteiger partial charge in [-0.15, -0.1) is 0 Å². The van der Waals surface area contributed by atoms with Crippen molar-refractivity contribution in [3.63, 3.8) is 0 Å². The Kier molecular flexibility index (Phi) is 18.9. The summed E-state index contributed by atoms with van der Waals surface area (Å²) in [7, 11) is 3.07. The van der Waals surface area contributed by atoms with Crippen LogP contribution < -0.4 is 36.6 Å². The first-order chi connectivity index (χ1) is 32.9. The Morgan fingerprint density at radius 1 is 0.812 bits per heavy atom. The van der Waals surface area contributed by atoms with Crippen LogP contribution in [0.5, 0.6) is 5.75 Å². The van der Waals surface area contributed by atoms with Gasteiger partial charge in [0.2, 0.25) is 35.3 Å². The highest BCUT2D eigenvalue weighted by atomic mass is 16.6. The quantitative estimate of drug-likeness (QED) is 0.0946. The predicted molar refractivity (Wildman–Crippen MR) is 252 cm³/mol. The molecular formula is C49H64N10O10. The second-order valence-electron chi connectivity index (χ2n) is 18.6. The van der Waals surface area contributed by atoms with E-state index in [1.807, 2.05) is 0 Å². The van der Waals surface area contributed by atoms with E-state index >= 15 is 0 Å². The third-order valence-electron chi connectivity index (χ3n) is 12.1. The highest BCUT2D eigenvalue weighted by Crippen LogP contribution is 2.29. The number of benzene rings is 2. The number of para-hydroxylation sites is 1. The number of Topliss-reactive ketones (excluding diaryl/α,β-unsaturated/α-hetero) is 1. The van der Waals surface area contributed by atoms with Crippen LogP contribution >= 0.6 is 0 Å². The molecule has 1 saturated heterocycles. The number of nitrogens with zero attached hydrogens (tertiary/aromatic N) is 4. The Balaban J connectivity index is 1.32. The normalized spacial score (nSPS) is 17.7. The Labute approximate surface area is 401 Å². The van der Waals surface area contributed by atoms with Crippen LogP contribution in [0.25, 0.3) is 0 Å². The number of nitrogens with one attached hydrogen (secondary N) is 6. The van der Waals surface area contributed by atoms with E-state index in [1.165, 1.54) is 42.5 Å². The molecule has 1 aromatic heterocycles. The van der Waals surface area contributed by atoms with E-state index in [2.05, 4.69) is 41.9 Å². The fourth-order valence-electron chi connectivity index (χ4n) is 8.33. The summed E-state index contributed by atoms with van der Waals surface area (Å²) in [4.78, 5) is 133. The Morgan fingerprint density at radius 3 is 2.09 bits per heavy atom. The van der Waals surface area contributed by atoms with Crippen LogP contribution in [0, 0.1) is 17.3 Å². The second kappa shape index (κ2) is 24.7. The van der Waals surface area contributed by atoms with E-state index in [4.69, 9.17) is 4.74 Å². The van der Waals surface area contributed by atoms with Crippen LogP contribution in [0.2, 0.25) is 0 Å².